The van der Waals surface area contributed by atoms with E-state index in [1.807, 2.05) is 0 Å². The number of hydrogen-bond acceptors (Lipinski definition) is 2. The van der Waals surface area contributed by atoms with Gasteiger partial charge in [0.05, 0.1) is 0 Å². The van der Waals surface area contributed by atoms with E-state index in [-0.39, 0.29) is 24.8 Å². The van der Waals surface area contributed by atoms with E-state index in [2.05, 4.69) is 16.1 Å². The molecule has 2 nitrogen and oxygen atoms in total. The van der Waals surface area contributed by atoms with E-state index in [1.165, 1.54) is 32.4 Å². The summed E-state index contributed by atoms with van der Waals surface area (Å²) in [5.74, 6) is 3.45. The van der Waals surface area contributed by atoms with Crippen LogP contribution in [0.15, 0.2) is 0 Å². The lowest BCUT2D eigenvalue weighted by Gasteiger charge is -2.32. The Balaban J connectivity index is 0.000000980. The highest BCUT2D eigenvalue weighted by molar-refractivity contribution is 5.85. The molecule has 0 aromatic carbocycles. The van der Waals surface area contributed by atoms with Crippen molar-refractivity contribution in [3.8, 4) is 12.3 Å². The van der Waals surface area contributed by atoms with E-state index in [9.17, 15) is 0 Å². The minimum atomic E-state index is 0. The maximum absolute atomic E-state index is 5.44. The number of piperazine rings is 1. The summed E-state index contributed by atoms with van der Waals surface area (Å²) in [6.45, 7) is 4.72. The third kappa shape index (κ3) is 3.85. The maximum atomic E-state index is 5.44. The van der Waals surface area contributed by atoms with Gasteiger partial charge >= 0.3 is 0 Å². The van der Waals surface area contributed by atoms with E-state index in [0.717, 1.165) is 19.1 Å². The van der Waals surface area contributed by atoms with Gasteiger partial charge in [0.2, 0.25) is 0 Å². The van der Waals surface area contributed by atoms with Crippen LogP contribution in [0, 0.1) is 18.3 Å². The molecule has 88 valence electrons. The van der Waals surface area contributed by atoms with Gasteiger partial charge in [-0.15, -0.1) is 37.2 Å². The van der Waals surface area contributed by atoms with Crippen molar-refractivity contribution in [1.82, 2.24) is 10.2 Å². The van der Waals surface area contributed by atoms with Crippen LogP contribution in [0.4, 0.5) is 0 Å². The number of halogens is 2. The zero-order chi connectivity index (χ0) is 9.10. The fourth-order valence-corrected chi connectivity index (χ4v) is 2.49. The SMILES string of the molecule is C#C[C@H]1CC[C@@H](N2CCNCC2)C1.Cl.Cl. The normalized spacial score (nSPS) is 31.1. The van der Waals surface area contributed by atoms with Crippen LogP contribution in [-0.4, -0.2) is 37.1 Å². The molecule has 1 aliphatic carbocycles. The Kier molecular flexibility index (Phi) is 7.38. The summed E-state index contributed by atoms with van der Waals surface area (Å²) in [5, 5.41) is 3.38. The predicted octanol–water partition coefficient (Wildman–Crippen LogP) is 1.54. The van der Waals surface area contributed by atoms with Crippen LogP contribution in [0.5, 0.6) is 0 Å². The van der Waals surface area contributed by atoms with Gasteiger partial charge in [0, 0.05) is 38.1 Å². The van der Waals surface area contributed by atoms with Crippen molar-refractivity contribution in [1.29, 1.82) is 0 Å². The van der Waals surface area contributed by atoms with Crippen molar-refractivity contribution < 1.29 is 0 Å². The lowest BCUT2D eigenvalue weighted by molar-refractivity contribution is 0.174. The van der Waals surface area contributed by atoms with Gasteiger partial charge in [0.25, 0.3) is 0 Å². The van der Waals surface area contributed by atoms with Gasteiger partial charge in [-0.3, -0.25) is 4.90 Å². The second-order valence-corrected chi connectivity index (χ2v) is 4.12. The summed E-state index contributed by atoms with van der Waals surface area (Å²) in [6, 6.07) is 0.781. The highest BCUT2D eigenvalue weighted by Gasteiger charge is 2.28. The molecule has 2 aliphatic rings. The first-order valence-corrected chi connectivity index (χ1v) is 5.31. The van der Waals surface area contributed by atoms with E-state index in [4.69, 9.17) is 6.42 Å². The van der Waals surface area contributed by atoms with Crippen LogP contribution in [0.2, 0.25) is 0 Å². The van der Waals surface area contributed by atoms with Gasteiger partial charge in [-0.25, -0.2) is 0 Å². The molecule has 1 heterocycles. The Morgan fingerprint density at radius 3 is 2.33 bits per heavy atom. The summed E-state index contributed by atoms with van der Waals surface area (Å²) in [7, 11) is 0. The van der Waals surface area contributed by atoms with Crippen LogP contribution in [0.1, 0.15) is 19.3 Å². The molecule has 0 bridgehead atoms. The Morgan fingerprint density at radius 1 is 1.13 bits per heavy atom. The van der Waals surface area contributed by atoms with E-state index >= 15 is 0 Å². The van der Waals surface area contributed by atoms with Crippen LogP contribution in [0.25, 0.3) is 0 Å². The quantitative estimate of drug-likeness (QED) is 0.711. The molecule has 1 saturated heterocycles. The molecule has 1 saturated carbocycles. The van der Waals surface area contributed by atoms with Crippen molar-refractivity contribution in [2.45, 2.75) is 25.3 Å². The molecule has 0 amide bonds. The third-order valence-electron chi connectivity index (χ3n) is 3.31. The highest BCUT2D eigenvalue weighted by atomic mass is 35.5. The number of hydrogen-bond donors (Lipinski definition) is 1. The maximum Gasteiger partial charge on any atom is 0.0215 e. The first-order valence-electron chi connectivity index (χ1n) is 5.31. The lowest BCUT2D eigenvalue weighted by atomic mass is 10.1. The second kappa shape index (κ2) is 7.35. The second-order valence-electron chi connectivity index (χ2n) is 4.12. The molecule has 0 radical (unpaired) electrons. The van der Waals surface area contributed by atoms with Gasteiger partial charge in [0.1, 0.15) is 0 Å². The molecule has 0 aromatic rings. The number of rotatable bonds is 1. The van der Waals surface area contributed by atoms with Crippen molar-refractivity contribution in [2.75, 3.05) is 26.2 Å². The Labute approximate surface area is 105 Å². The summed E-state index contributed by atoms with van der Waals surface area (Å²) < 4.78 is 0. The molecule has 2 fully saturated rings. The standard InChI is InChI=1S/C11H18N2.2ClH/c1-2-10-3-4-11(9-10)13-7-5-12-6-8-13;;/h1,10-12H,3-9H2;2*1H/t10-,11+;;/m0../s1. The van der Waals surface area contributed by atoms with Crippen molar-refractivity contribution in [2.24, 2.45) is 5.92 Å². The number of nitrogens with zero attached hydrogens (tertiary/aromatic N) is 1. The summed E-state index contributed by atoms with van der Waals surface area (Å²) in [6.07, 6.45) is 9.23. The topological polar surface area (TPSA) is 15.3 Å². The minimum absolute atomic E-state index is 0. The smallest absolute Gasteiger partial charge is 0.0215 e. The van der Waals surface area contributed by atoms with E-state index in [1.54, 1.807) is 0 Å². The Morgan fingerprint density at radius 2 is 1.80 bits per heavy atom. The van der Waals surface area contributed by atoms with Crippen LogP contribution in [0.3, 0.4) is 0 Å². The molecule has 15 heavy (non-hydrogen) atoms. The molecule has 0 aromatic heterocycles. The van der Waals surface area contributed by atoms with Crippen molar-refractivity contribution in [3.63, 3.8) is 0 Å². The monoisotopic (exact) mass is 250 g/mol. The molecule has 2 rings (SSSR count). The first-order chi connectivity index (χ1) is 6.40. The summed E-state index contributed by atoms with van der Waals surface area (Å²) in [5.41, 5.74) is 0. The van der Waals surface area contributed by atoms with Gasteiger partial charge in [-0.05, 0) is 19.3 Å². The average Bonchev–Trinajstić information content (AvgIpc) is 2.67. The largest absolute Gasteiger partial charge is 0.314 e. The molecular formula is C11H20Cl2N2. The Hall–Kier alpha value is 0.0600. The third-order valence-corrected chi connectivity index (χ3v) is 3.31. The van der Waals surface area contributed by atoms with Crippen molar-refractivity contribution >= 4 is 24.8 Å². The molecule has 1 N–H and O–H groups in total. The first kappa shape index (κ1) is 15.1. The van der Waals surface area contributed by atoms with Gasteiger partial charge < -0.3 is 5.32 Å². The van der Waals surface area contributed by atoms with Crippen LogP contribution >= 0.6 is 24.8 Å². The van der Waals surface area contributed by atoms with Crippen LogP contribution in [-0.2, 0) is 0 Å². The molecule has 0 unspecified atom stereocenters. The van der Waals surface area contributed by atoms with E-state index < -0.39 is 0 Å². The fraction of sp³-hybridized carbons (Fsp3) is 0.818. The number of terminal acetylenes is 1. The molecule has 2 atom stereocenters. The lowest BCUT2D eigenvalue weighted by Crippen LogP contribution is -2.47. The minimum Gasteiger partial charge on any atom is -0.314 e. The summed E-state index contributed by atoms with van der Waals surface area (Å²) in [4.78, 5) is 2.60. The average molecular weight is 251 g/mol. The molecular weight excluding hydrogens is 231 g/mol. The summed E-state index contributed by atoms with van der Waals surface area (Å²) >= 11 is 0. The van der Waals surface area contributed by atoms with Crippen LogP contribution < -0.4 is 5.32 Å². The molecule has 4 heteroatoms. The van der Waals surface area contributed by atoms with Gasteiger partial charge in [-0.1, -0.05) is 0 Å². The predicted molar refractivity (Wildman–Crippen MR) is 68.9 cm³/mol. The molecule has 1 aliphatic heterocycles. The fourth-order valence-electron chi connectivity index (χ4n) is 2.49. The zero-order valence-electron chi connectivity index (χ0n) is 8.95. The van der Waals surface area contributed by atoms with Gasteiger partial charge in [-0.2, -0.15) is 0 Å². The Bertz CT molecular complexity index is 209. The molecule has 0 spiro atoms. The van der Waals surface area contributed by atoms with Gasteiger partial charge in [0.15, 0.2) is 0 Å². The van der Waals surface area contributed by atoms with E-state index in [0.29, 0.717) is 5.92 Å². The van der Waals surface area contributed by atoms with Crippen molar-refractivity contribution in [3.05, 3.63) is 0 Å². The zero-order valence-corrected chi connectivity index (χ0v) is 10.6. The number of nitrogens with one attached hydrogen (secondary N) is 1. The highest BCUT2D eigenvalue weighted by Crippen LogP contribution is 2.28.